The van der Waals surface area contributed by atoms with E-state index in [1.807, 2.05) is 0 Å². The molecule has 1 aromatic rings. The second kappa shape index (κ2) is 9.50. The molecule has 3 nitrogen and oxygen atoms in total. The van der Waals surface area contributed by atoms with E-state index < -0.39 is 20.1 Å². The Morgan fingerprint density at radius 3 is 2.68 bits per heavy atom. The fourth-order valence-electron chi connectivity index (χ4n) is 2.88. The van der Waals surface area contributed by atoms with Gasteiger partial charge in [0.2, 0.25) is 0 Å². The maximum atomic E-state index is 6.15. The molecule has 0 amide bonds. The van der Waals surface area contributed by atoms with Crippen molar-refractivity contribution in [3.8, 4) is 0 Å². The summed E-state index contributed by atoms with van der Waals surface area (Å²) in [6, 6.07) is 2.33. The van der Waals surface area contributed by atoms with Gasteiger partial charge in [-0.2, -0.15) is 0 Å². The summed E-state index contributed by atoms with van der Waals surface area (Å²) in [7, 11) is 0. The summed E-state index contributed by atoms with van der Waals surface area (Å²) in [6.07, 6.45) is 4.08. The first-order valence-electron chi connectivity index (χ1n) is 8.03. The zero-order valence-electron chi connectivity index (χ0n) is 14.7. The van der Waals surface area contributed by atoms with Gasteiger partial charge < -0.3 is 0 Å². The Morgan fingerprint density at radius 2 is 2.14 bits per heavy atom. The van der Waals surface area contributed by atoms with Crippen molar-refractivity contribution in [2.45, 2.75) is 52.4 Å². The Balaban J connectivity index is 3.14. The van der Waals surface area contributed by atoms with E-state index in [9.17, 15) is 0 Å². The van der Waals surface area contributed by atoms with Crippen LogP contribution in [0.1, 0.15) is 61.0 Å². The van der Waals surface area contributed by atoms with Gasteiger partial charge >= 0.3 is 144 Å². The Morgan fingerprint density at radius 1 is 1.45 bits per heavy atom. The average Bonchev–Trinajstić information content (AvgIpc) is 2.45. The van der Waals surface area contributed by atoms with Crippen molar-refractivity contribution in [2.24, 2.45) is 3.95 Å². The molecule has 0 bridgehead atoms. The Kier molecular flexibility index (Phi) is 8.39. The van der Waals surface area contributed by atoms with Crippen LogP contribution in [0.2, 0.25) is 0 Å². The standard InChI is InChI=1S/C18H32IN3/c1-7-9-16(12-21-8-2)18-10-17(13(3)11-19(6)20)14(4)15(5)22-18/h8,10,13,16,21H,2,7,9,11-12,20H2,1,3-6H3. The molecule has 0 aliphatic carbocycles. The van der Waals surface area contributed by atoms with Gasteiger partial charge in [0.15, 0.2) is 0 Å². The van der Waals surface area contributed by atoms with Crippen LogP contribution in [0.4, 0.5) is 0 Å². The van der Waals surface area contributed by atoms with Gasteiger partial charge in [-0.3, -0.25) is 0 Å². The van der Waals surface area contributed by atoms with Crippen LogP contribution >= 0.6 is 20.1 Å². The molecule has 0 aromatic carbocycles. The van der Waals surface area contributed by atoms with Gasteiger partial charge in [-0.05, 0) is 0 Å². The summed E-state index contributed by atoms with van der Waals surface area (Å²) >= 11 is -1.22. The zero-order chi connectivity index (χ0) is 16.7. The van der Waals surface area contributed by atoms with Gasteiger partial charge in [0, 0.05) is 0 Å². The van der Waals surface area contributed by atoms with E-state index in [1.54, 1.807) is 6.20 Å². The number of rotatable bonds is 9. The van der Waals surface area contributed by atoms with Crippen LogP contribution < -0.4 is 9.26 Å². The van der Waals surface area contributed by atoms with Gasteiger partial charge in [-0.25, -0.2) is 0 Å². The SMILES string of the molecule is C=CNCC(CCC)c1cc(C(C)CI(C)N)c(C)c(C)n1. The molecule has 126 valence electrons. The number of halogens is 1. The van der Waals surface area contributed by atoms with E-state index in [1.165, 1.54) is 16.8 Å². The molecule has 0 saturated carbocycles. The number of hydrogen-bond acceptors (Lipinski definition) is 3. The van der Waals surface area contributed by atoms with E-state index in [0.717, 1.165) is 29.5 Å². The zero-order valence-corrected chi connectivity index (χ0v) is 16.9. The van der Waals surface area contributed by atoms with E-state index in [-0.39, 0.29) is 0 Å². The van der Waals surface area contributed by atoms with Crippen LogP contribution in [0, 0.1) is 13.8 Å². The number of nitrogens with zero attached hydrogens (tertiary/aromatic N) is 1. The molecule has 0 radical (unpaired) electrons. The van der Waals surface area contributed by atoms with Gasteiger partial charge in [0.05, 0.1) is 0 Å². The fourth-order valence-corrected chi connectivity index (χ4v) is 5.44. The molecule has 2 atom stereocenters. The third-order valence-electron chi connectivity index (χ3n) is 4.15. The molecule has 1 heterocycles. The van der Waals surface area contributed by atoms with Crippen molar-refractivity contribution < 1.29 is 0 Å². The van der Waals surface area contributed by atoms with Crippen LogP contribution in [-0.2, 0) is 0 Å². The van der Waals surface area contributed by atoms with E-state index in [4.69, 9.17) is 8.93 Å². The molecule has 0 fully saturated rings. The molecule has 3 N–H and O–H groups in total. The molecule has 0 spiro atoms. The number of nitrogens with one attached hydrogen (secondary N) is 1. The normalized spacial score (nSPS) is 14.4. The van der Waals surface area contributed by atoms with Crippen molar-refractivity contribution in [1.29, 1.82) is 0 Å². The summed E-state index contributed by atoms with van der Waals surface area (Å²) in [6.45, 7) is 13.5. The summed E-state index contributed by atoms with van der Waals surface area (Å²) in [5, 5.41) is 3.26. The third kappa shape index (κ3) is 5.54. The van der Waals surface area contributed by atoms with Crippen LogP contribution in [0.5, 0.6) is 0 Å². The number of aryl methyl sites for hydroxylation is 1. The molecule has 0 saturated heterocycles. The Labute approximate surface area is 143 Å². The fraction of sp³-hybridized carbons (Fsp3) is 0.611. The van der Waals surface area contributed by atoms with Crippen molar-refractivity contribution in [1.82, 2.24) is 10.3 Å². The molecule has 0 aliphatic rings. The summed E-state index contributed by atoms with van der Waals surface area (Å²) in [4.78, 5) is 7.11. The summed E-state index contributed by atoms with van der Waals surface area (Å²) in [5.74, 6) is 0.984. The molecule has 22 heavy (non-hydrogen) atoms. The summed E-state index contributed by atoms with van der Waals surface area (Å²) < 4.78 is 7.31. The number of hydrogen-bond donors (Lipinski definition) is 2. The molecule has 4 heteroatoms. The van der Waals surface area contributed by atoms with Crippen molar-refractivity contribution in [2.75, 3.05) is 15.9 Å². The van der Waals surface area contributed by atoms with Crippen molar-refractivity contribution in [3.63, 3.8) is 0 Å². The first kappa shape index (κ1) is 19.4. The van der Waals surface area contributed by atoms with E-state index in [0.29, 0.717) is 11.8 Å². The maximum absolute atomic E-state index is 6.15. The van der Waals surface area contributed by atoms with Crippen LogP contribution in [0.25, 0.3) is 0 Å². The second-order valence-corrected chi connectivity index (χ2v) is 10.7. The third-order valence-corrected chi connectivity index (χ3v) is 6.86. The molecule has 1 rings (SSSR count). The molecule has 1 aromatic heterocycles. The number of aromatic nitrogens is 1. The van der Waals surface area contributed by atoms with Crippen LogP contribution in [0.15, 0.2) is 18.8 Å². The molecular weight excluding hydrogens is 385 g/mol. The topological polar surface area (TPSA) is 50.9 Å². The number of nitrogens with two attached hydrogens (primary N) is 1. The Hall–Kier alpha value is -0.620. The molecule has 0 aliphatic heterocycles. The van der Waals surface area contributed by atoms with E-state index in [2.05, 4.69) is 50.6 Å². The van der Waals surface area contributed by atoms with Crippen molar-refractivity contribution in [3.05, 3.63) is 41.4 Å². The number of pyridine rings is 1. The summed E-state index contributed by atoms with van der Waals surface area (Å²) in [5.41, 5.74) is 5.15. The predicted octanol–water partition coefficient (Wildman–Crippen LogP) is 4.43. The Bertz CT molecular complexity index is 485. The van der Waals surface area contributed by atoms with E-state index >= 15 is 0 Å². The molecular formula is C18H32IN3. The van der Waals surface area contributed by atoms with Gasteiger partial charge in [0.1, 0.15) is 0 Å². The van der Waals surface area contributed by atoms with Gasteiger partial charge in [-0.15, -0.1) is 0 Å². The number of alkyl halides is 2. The predicted molar refractivity (Wildman–Crippen MR) is 107 cm³/mol. The van der Waals surface area contributed by atoms with Crippen molar-refractivity contribution >= 4 is 20.1 Å². The minimum absolute atomic E-state index is 0.447. The van der Waals surface area contributed by atoms with Gasteiger partial charge in [0.25, 0.3) is 0 Å². The molecule has 2 unspecified atom stereocenters. The second-order valence-electron chi connectivity index (χ2n) is 6.14. The van der Waals surface area contributed by atoms with Crippen LogP contribution in [-0.4, -0.2) is 20.9 Å². The van der Waals surface area contributed by atoms with Crippen LogP contribution in [0.3, 0.4) is 0 Å². The van der Waals surface area contributed by atoms with Gasteiger partial charge in [-0.1, -0.05) is 0 Å². The minimum atomic E-state index is -1.22. The average molecular weight is 417 g/mol. The quantitative estimate of drug-likeness (QED) is 0.355. The monoisotopic (exact) mass is 417 g/mol. The first-order chi connectivity index (χ1) is 10.4. The first-order valence-corrected chi connectivity index (χ1v) is 13.0.